The molecule has 0 radical (unpaired) electrons. The summed E-state index contributed by atoms with van der Waals surface area (Å²) in [6.45, 7) is 0. The summed E-state index contributed by atoms with van der Waals surface area (Å²) in [6.07, 6.45) is 4.21. The number of hydrogen-bond donors (Lipinski definition) is 1. The molecule has 0 spiro atoms. The van der Waals surface area contributed by atoms with Gasteiger partial charge in [0.15, 0.2) is 0 Å². The maximum absolute atomic E-state index is 14.4. The Balaban J connectivity index is 1.43. The fraction of sp³-hybridized carbons (Fsp3) is 0.185. The highest BCUT2D eigenvalue weighted by atomic mass is 19.1. The minimum Gasteiger partial charge on any atom is -0.469 e. The lowest BCUT2D eigenvalue weighted by Crippen LogP contribution is -2.33. The summed E-state index contributed by atoms with van der Waals surface area (Å²) in [4.78, 5) is 25.2. The van der Waals surface area contributed by atoms with Crippen molar-refractivity contribution >= 4 is 11.9 Å². The largest absolute Gasteiger partial charge is 0.469 e. The molecule has 1 amide bonds. The van der Waals surface area contributed by atoms with Gasteiger partial charge in [0.25, 0.3) is 5.91 Å². The molecule has 3 aromatic carbocycles. The van der Waals surface area contributed by atoms with E-state index >= 15 is 0 Å². The summed E-state index contributed by atoms with van der Waals surface area (Å²) in [6, 6.07) is 23.4. The van der Waals surface area contributed by atoms with Gasteiger partial charge in [-0.1, -0.05) is 72.8 Å². The summed E-state index contributed by atoms with van der Waals surface area (Å²) >= 11 is 0. The van der Waals surface area contributed by atoms with E-state index < -0.39 is 17.7 Å². The van der Waals surface area contributed by atoms with Gasteiger partial charge in [0.2, 0.25) is 0 Å². The van der Waals surface area contributed by atoms with E-state index in [9.17, 15) is 14.0 Å². The Morgan fingerprint density at radius 1 is 0.906 bits per heavy atom. The van der Waals surface area contributed by atoms with Gasteiger partial charge in [0.1, 0.15) is 5.82 Å². The fourth-order valence-corrected chi connectivity index (χ4v) is 4.16. The lowest BCUT2D eigenvalue weighted by atomic mass is 9.85. The van der Waals surface area contributed by atoms with Gasteiger partial charge in [-0.25, -0.2) is 4.39 Å². The van der Waals surface area contributed by atoms with Gasteiger partial charge in [-0.2, -0.15) is 0 Å². The average Bonchev–Trinajstić information content (AvgIpc) is 3.28. The van der Waals surface area contributed by atoms with E-state index in [1.807, 2.05) is 54.6 Å². The molecule has 0 heterocycles. The second-order valence-corrected chi connectivity index (χ2v) is 7.83. The van der Waals surface area contributed by atoms with Crippen LogP contribution >= 0.6 is 0 Å². The molecular weight excluding hydrogens is 405 g/mol. The summed E-state index contributed by atoms with van der Waals surface area (Å²) in [7, 11) is 1.30. The third-order valence-electron chi connectivity index (χ3n) is 5.81. The van der Waals surface area contributed by atoms with Gasteiger partial charge in [-0.05, 0) is 41.7 Å². The van der Waals surface area contributed by atoms with E-state index in [4.69, 9.17) is 4.74 Å². The lowest BCUT2D eigenvalue weighted by molar-refractivity contribution is -0.143. The molecule has 4 nitrogen and oxygen atoms in total. The summed E-state index contributed by atoms with van der Waals surface area (Å²) in [5.74, 6) is -2.16. The normalized spacial score (nSPS) is 18.2. The van der Waals surface area contributed by atoms with Crippen LogP contribution < -0.4 is 5.32 Å². The number of allylic oxidation sites excluding steroid dienone is 1. The number of benzene rings is 3. The number of nitrogens with one attached hydrogen (secondary N) is 1. The van der Waals surface area contributed by atoms with Gasteiger partial charge in [-0.15, -0.1) is 0 Å². The van der Waals surface area contributed by atoms with E-state index in [1.165, 1.54) is 13.2 Å². The van der Waals surface area contributed by atoms with Crippen molar-refractivity contribution in [3.8, 4) is 11.1 Å². The van der Waals surface area contributed by atoms with Gasteiger partial charge in [-0.3, -0.25) is 9.59 Å². The zero-order valence-corrected chi connectivity index (χ0v) is 17.7. The third-order valence-corrected chi connectivity index (χ3v) is 5.81. The fourth-order valence-electron chi connectivity index (χ4n) is 4.16. The minimum absolute atomic E-state index is 0.194. The van der Waals surface area contributed by atoms with Gasteiger partial charge in [0, 0.05) is 17.2 Å². The van der Waals surface area contributed by atoms with E-state index in [2.05, 4.69) is 5.32 Å². The number of carbonyl (C=O) groups excluding carboxylic acids is 2. The van der Waals surface area contributed by atoms with Crippen LogP contribution in [0.3, 0.4) is 0 Å². The van der Waals surface area contributed by atoms with Crippen LogP contribution in [0.2, 0.25) is 0 Å². The Morgan fingerprint density at radius 2 is 1.56 bits per heavy atom. The van der Waals surface area contributed by atoms with Crippen LogP contribution in [0.15, 0.2) is 91.0 Å². The third kappa shape index (κ3) is 4.62. The van der Waals surface area contributed by atoms with Crippen molar-refractivity contribution in [1.82, 2.24) is 5.32 Å². The Labute approximate surface area is 186 Å². The second-order valence-electron chi connectivity index (χ2n) is 7.83. The molecule has 4 rings (SSSR count). The zero-order valence-electron chi connectivity index (χ0n) is 17.7. The smallest absolute Gasteiger partial charge is 0.313 e. The lowest BCUT2D eigenvalue weighted by Gasteiger charge is -2.22. The van der Waals surface area contributed by atoms with E-state index in [1.54, 1.807) is 30.3 Å². The molecule has 0 fully saturated rings. The van der Waals surface area contributed by atoms with Gasteiger partial charge < -0.3 is 10.1 Å². The first kappa shape index (κ1) is 21.5. The van der Waals surface area contributed by atoms with Crippen LogP contribution in [0, 0.1) is 11.7 Å². The van der Waals surface area contributed by atoms with Crippen LogP contribution in [-0.2, 0) is 9.53 Å². The maximum Gasteiger partial charge on any atom is 0.313 e. The molecule has 0 unspecified atom stereocenters. The number of esters is 1. The van der Waals surface area contributed by atoms with Crippen molar-refractivity contribution in [1.29, 1.82) is 0 Å². The molecular formula is C27H24FNO3. The molecule has 162 valence electrons. The van der Waals surface area contributed by atoms with Crippen LogP contribution in [0.5, 0.6) is 0 Å². The van der Waals surface area contributed by atoms with Gasteiger partial charge >= 0.3 is 5.97 Å². The predicted octanol–water partition coefficient (Wildman–Crippen LogP) is 5.12. The first-order chi connectivity index (χ1) is 15.6. The number of halogens is 1. The maximum atomic E-state index is 14.4. The number of ether oxygens (including phenoxy) is 1. The number of methoxy groups -OCH3 is 1. The highest BCUT2D eigenvalue weighted by molar-refractivity contribution is 5.95. The highest BCUT2D eigenvalue weighted by Crippen LogP contribution is 2.35. The van der Waals surface area contributed by atoms with Crippen LogP contribution in [0.25, 0.3) is 11.1 Å². The molecule has 1 aliphatic rings. The number of rotatable bonds is 6. The Bertz CT molecular complexity index is 1130. The summed E-state index contributed by atoms with van der Waals surface area (Å²) in [5, 5.41) is 2.99. The monoisotopic (exact) mass is 429 g/mol. The van der Waals surface area contributed by atoms with Crippen molar-refractivity contribution in [2.24, 2.45) is 5.92 Å². The topological polar surface area (TPSA) is 55.4 Å². The Morgan fingerprint density at radius 3 is 2.25 bits per heavy atom. The van der Waals surface area contributed by atoms with Gasteiger partial charge in [0.05, 0.1) is 13.0 Å². The van der Waals surface area contributed by atoms with Crippen molar-refractivity contribution in [3.05, 3.63) is 108 Å². The molecule has 0 aromatic heterocycles. The highest BCUT2D eigenvalue weighted by Gasteiger charge is 2.35. The predicted molar refractivity (Wildman–Crippen MR) is 122 cm³/mol. The van der Waals surface area contributed by atoms with Crippen LogP contribution in [-0.4, -0.2) is 25.0 Å². The van der Waals surface area contributed by atoms with E-state index in [0.717, 1.165) is 11.1 Å². The first-order valence-electron chi connectivity index (χ1n) is 10.5. The van der Waals surface area contributed by atoms with Crippen LogP contribution in [0.1, 0.15) is 28.3 Å². The van der Waals surface area contributed by atoms with Crippen molar-refractivity contribution in [2.75, 3.05) is 7.11 Å². The molecule has 5 heteroatoms. The zero-order chi connectivity index (χ0) is 22.5. The molecule has 32 heavy (non-hydrogen) atoms. The molecule has 1 N–H and O–H groups in total. The SMILES string of the molecule is COC(=O)[C@H](c1ccccc1F)[C@@H]1C=C[C@H](NC(=O)c2ccc(-c3ccccc3)cc2)C1. The van der Waals surface area contributed by atoms with E-state index in [-0.39, 0.29) is 17.9 Å². The molecule has 1 aliphatic carbocycles. The molecule has 3 atom stereocenters. The molecule has 0 saturated heterocycles. The summed E-state index contributed by atoms with van der Waals surface area (Å²) in [5.41, 5.74) is 2.98. The quantitative estimate of drug-likeness (QED) is 0.437. The Hall–Kier alpha value is -3.73. The number of hydrogen-bond acceptors (Lipinski definition) is 3. The van der Waals surface area contributed by atoms with Crippen molar-refractivity contribution < 1.29 is 18.7 Å². The Kier molecular flexibility index (Phi) is 6.45. The van der Waals surface area contributed by atoms with Crippen molar-refractivity contribution in [3.63, 3.8) is 0 Å². The average molecular weight is 429 g/mol. The second kappa shape index (κ2) is 9.60. The number of carbonyl (C=O) groups is 2. The van der Waals surface area contributed by atoms with Crippen molar-refractivity contribution in [2.45, 2.75) is 18.4 Å². The number of amides is 1. The molecule has 0 aliphatic heterocycles. The molecule has 0 bridgehead atoms. The van der Waals surface area contributed by atoms with E-state index in [0.29, 0.717) is 17.5 Å². The standard InChI is InChI=1S/C27H24FNO3/c1-32-27(31)25(23-9-5-6-10-24(23)28)21-15-16-22(17-21)29-26(30)20-13-11-19(12-14-20)18-7-3-2-4-8-18/h2-16,21-22,25H,17H2,1H3,(H,29,30)/t21-,22+,25+/m1/s1. The first-order valence-corrected chi connectivity index (χ1v) is 10.5. The minimum atomic E-state index is -0.760. The summed E-state index contributed by atoms with van der Waals surface area (Å²) < 4.78 is 19.3. The van der Waals surface area contributed by atoms with Crippen LogP contribution in [0.4, 0.5) is 4.39 Å². The molecule has 3 aromatic rings. The molecule has 0 saturated carbocycles.